The molecule has 0 bridgehead atoms. The first-order valence-electron chi connectivity index (χ1n) is 8.27. The van der Waals surface area contributed by atoms with Crippen LogP contribution < -0.4 is 10.4 Å². The van der Waals surface area contributed by atoms with Gasteiger partial charge in [0.2, 0.25) is 0 Å². The first kappa shape index (κ1) is 19.2. The topological polar surface area (TPSA) is 41.6 Å². The molecule has 1 aliphatic heterocycles. The quantitative estimate of drug-likeness (QED) is 0.408. The highest BCUT2D eigenvalue weighted by Gasteiger charge is 2.13. The summed E-state index contributed by atoms with van der Waals surface area (Å²) in [6.07, 6.45) is 10.6. The van der Waals surface area contributed by atoms with Gasteiger partial charge < -0.3 is 4.74 Å². The number of aldehydes is 1. The summed E-state index contributed by atoms with van der Waals surface area (Å²) in [5.74, 6) is 0.688. The predicted octanol–water partition coefficient (Wildman–Crippen LogP) is 5.26. The highest BCUT2D eigenvalue weighted by Crippen LogP contribution is 2.26. The van der Waals surface area contributed by atoms with Gasteiger partial charge in [0.1, 0.15) is 12.0 Å². The van der Waals surface area contributed by atoms with Crippen LogP contribution in [-0.2, 0) is 4.74 Å². The molecule has 0 radical (unpaired) electrons. The van der Waals surface area contributed by atoms with Gasteiger partial charge in [0.05, 0.1) is 28.9 Å². The molecule has 1 atom stereocenters. The lowest BCUT2D eigenvalue weighted by Crippen LogP contribution is -2.34. The number of nitrogens with one attached hydrogen (secondary N) is 1. The Bertz CT molecular complexity index is 905. The Morgan fingerprint density at radius 3 is 2.59 bits per heavy atom. The molecule has 27 heavy (non-hydrogen) atoms. The van der Waals surface area contributed by atoms with E-state index in [0.29, 0.717) is 21.4 Å². The van der Waals surface area contributed by atoms with Crippen molar-refractivity contribution in [2.75, 3.05) is 12.1 Å². The standard InChI is InChI=1S/C21H18Cl2N2O2/c1-27-21(16-7-10-19(22)20(23)13-16)4-2-3-17-11-12-25(24-17)18-8-5-15(14-26)6-9-18/h2-14,17,24H,1H3/b3-2+,21-4-. The minimum absolute atomic E-state index is 0.0407. The lowest BCUT2D eigenvalue weighted by molar-refractivity contribution is 0.112. The van der Waals surface area contributed by atoms with Gasteiger partial charge in [-0.2, -0.15) is 0 Å². The largest absolute Gasteiger partial charge is 0.496 e. The minimum atomic E-state index is 0.0407. The minimum Gasteiger partial charge on any atom is -0.496 e. The second-order valence-electron chi connectivity index (χ2n) is 5.82. The Balaban J connectivity index is 1.65. The molecular weight excluding hydrogens is 383 g/mol. The maximum Gasteiger partial charge on any atom is 0.150 e. The number of methoxy groups -OCH3 is 1. The zero-order chi connectivity index (χ0) is 19.2. The van der Waals surface area contributed by atoms with Gasteiger partial charge in [0, 0.05) is 17.3 Å². The van der Waals surface area contributed by atoms with E-state index in [1.54, 1.807) is 31.4 Å². The summed E-state index contributed by atoms with van der Waals surface area (Å²) in [7, 11) is 1.61. The van der Waals surface area contributed by atoms with E-state index in [-0.39, 0.29) is 6.04 Å². The van der Waals surface area contributed by atoms with E-state index in [1.165, 1.54) is 0 Å². The fourth-order valence-corrected chi connectivity index (χ4v) is 2.90. The number of carbonyl (C=O) groups is 1. The molecule has 1 N–H and O–H groups in total. The average Bonchev–Trinajstić information content (AvgIpc) is 3.16. The number of anilines is 1. The number of hydrogen-bond acceptors (Lipinski definition) is 4. The van der Waals surface area contributed by atoms with E-state index < -0.39 is 0 Å². The van der Waals surface area contributed by atoms with Crippen LogP contribution in [0.15, 0.2) is 73.0 Å². The molecule has 0 spiro atoms. The first-order valence-corrected chi connectivity index (χ1v) is 9.03. The van der Waals surface area contributed by atoms with Crippen molar-refractivity contribution in [1.29, 1.82) is 0 Å². The van der Waals surface area contributed by atoms with Crippen molar-refractivity contribution in [3.8, 4) is 0 Å². The maximum atomic E-state index is 10.7. The summed E-state index contributed by atoms with van der Waals surface area (Å²) >= 11 is 12.0. The van der Waals surface area contributed by atoms with Crippen LogP contribution in [0.3, 0.4) is 0 Å². The van der Waals surface area contributed by atoms with Crippen molar-refractivity contribution in [1.82, 2.24) is 5.43 Å². The molecule has 1 aliphatic rings. The van der Waals surface area contributed by atoms with Crippen LogP contribution in [0.2, 0.25) is 10.0 Å². The molecular formula is C21H18Cl2N2O2. The van der Waals surface area contributed by atoms with Crippen LogP contribution in [0.5, 0.6) is 0 Å². The van der Waals surface area contributed by atoms with Crippen LogP contribution in [0.4, 0.5) is 5.69 Å². The van der Waals surface area contributed by atoms with Gasteiger partial charge in [-0.05, 0) is 54.6 Å². The van der Waals surface area contributed by atoms with Crippen molar-refractivity contribution < 1.29 is 9.53 Å². The second-order valence-corrected chi connectivity index (χ2v) is 6.64. The third kappa shape index (κ3) is 4.80. The number of hydrazine groups is 1. The Hall–Kier alpha value is -2.53. The summed E-state index contributed by atoms with van der Waals surface area (Å²) in [6, 6.07) is 12.8. The molecule has 0 saturated carbocycles. The zero-order valence-electron chi connectivity index (χ0n) is 14.6. The van der Waals surface area contributed by atoms with Gasteiger partial charge in [0.25, 0.3) is 0 Å². The Morgan fingerprint density at radius 2 is 1.93 bits per heavy atom. The van der Waals surface area contributed by atoms with E-state index >= 15 is 0 Å². The predicted molar refractivity (Wildman–Crippen MR) is 111 cm³/mol. The molecule has 1 heterocycles. The number of ether oxygens (including phenoxy) is 1. The van der Waals surface area contributed by atoms with Gasteiger partial charge in [-0.15, -0.1) is 0 Å². The summed E-state index contributed by atoms with van der Waals surface area (Å²) in [5, 5.41) is 2.90. The molecule has 0 aromatic heterocycles. The monoisotopic (exact) mass is 400 g/mol. The van der Waals surface area contributed by atoms with Crippen molar-refractivity contribution in [3.05, 3.63) is 94.1 Å². The Kier molecular flexibility index (Phi) is 6.35. The van der Waals surface area contributed by atoms with Gasteiger partial charge in [-0.25, -0.2) is 5.43 Å². The van der Waals surface area contributed by atoms with Gasteiger partial charge in [0.15, 0.2) is 0 Å². The van der Waals surface area contributed by atoms with Crippen LogP contribution in [-0.4, -0.2) is 19.4 Å². The Labute approximate surface area is 168 Å². The van der Waals surface area contributed by atoms with Crippen LogP contribution in [0, 0.1) is 0 Å². The fraction of sp³-hybridized carbons (Fsp3) is 0.0952. The average molecular weight is 401 g/mol. The molecule has 138 valence electrons. The first-order chi connectivity index (χ1) is 13.1. The molecule has 2 aromatic carbocycles. The number of carbonyl (C=O) groups excluding carboxylic acids is 1. The third-order valence-electron chi connectivity index (χ3n) is 4.03. The van der Waals surface area contributed by atoms with E-state index in [1.807, 2.05) is 53.7 Å². The number of allylic oxidation sites excluding steroid dienone is 2. The summed E-state index contributed by atoms with van der Waals surface area (Å²) < 4.78 is 5.44. The Morgan fingerprint density at radius 1 is 1.15 bits per heavy atom. The summed E-state index contributed by atoms with van der Waals surface area (Å²) in [4.78, 5) is 10.7. The lowest BCUT2D eigenvalue weighted by atomic mass is 10.1. The van der Waals surface area contributed by atoms with Crippen LogP contribution in [0.1, 0.15) is 15.9 Å². The van der Waals surface area contributed by atoms with Crippen molar-refractivity contribution in [2.45, 2.75) is 6.04 Å². The van der Waals surface area contributed by atoms with Crippen molar-refractivity contribution in [2.24, 2.45) is 0 Å². The fourth-order valence-electron chi connectivity index (χ4n) is 2.60. The van der Waals surface area contributed by atoms with Crippen molar-refractivity contribution >= 4 is 40.9 Å². The van der Waals surface area contributed by atoms with Gasteiger partial charge in [-0.1, -0.05) is 35.4 Å². The molecule has 6 heteroatoms. The lowest BCUT2D eigenvalue weighted by Gasteiger charge is -2.18. The molecule has 0 fully saturated rings. The molecule has 2 aromatic rings. The number of benzene rings is 2. The van der Waals surface area contributed by atoms with E-state index in [0.717, 1.165) is 17.5 Å². The number of halogens is 2. The number of nitrogens with zero attached hydrogens (tertiary/aromatic N) is 1. The highest BCUT2D eigenvalue weighted by molar-refractivity contribution is 6.42. The molecule has 1 unspecified atom stereocenters. The summed E-state index contributed by atoms with van der Waals surface area (Å²) in [5.41, 5.74) is 5.79. The summed E-state index contributed by atoms with van der Waals surface area (Å²) in [6.45, 7) is 0. The maximum absolute atomic E-state index is 10.7. The molecule has 0 amide bonds. The van der Waals surface area contributed by atoms with E-state index in [9.17, 15) is 4.79 Å². The molecule has 0 aliphatic carbocycles. The van der Waals surface area contributed by atoms with E-state index in [2.05, 4.69) is 5.43 Å². The second kappa shape index (κ2) is 8.91. The molecule has 4 nitrogen and oxygen atoms in total. The zero-order valence-corrected chi connectivity index (χ0v) is 16.1. The van der Waals surface area contributed by atoms with Crippen LogP contribution in [0.25, 0.3) is 5.76 Å². The smallest absolute Gasteiger partial charge is 0.150 e. The normalized spacial score (nSPS) is 16.9. The van der Waals surface area contributed by atoms with Crippen molar-refractivity contribution in [3.63, 3.8) is 0 Å². The number of rotatable bonds is 6. The number of hydrogen-bond donors (Lipinski definition) is 1. The molecule has 3 rings (SSSR count). The third-order valence-corrected chi connectivity index (χ3v) is 4.77. The molecule has 0 saturated heterocycles. The SMILES string of the molecule is CO/C(=C\C=C\C1C=CN(c2ccc(C=O)cc2)N1)c1ccc(Cl)c(Cl)c1. The highest BCUT2D eigenvalue weighted by atomic mass is 35.5. The van der Waals surface area contributed by atoms with Gasteiger partial charge in [-0.3, -0.25) is 9.80 Å². The van der Waals surface area contributed by atoms with E-state index in [4.69, 9.17) is 27.9 Å². The van der Waals surface area contributed by atoms with Crippen LogP contribution >= 0.6 is 23.2 Å². The van der Waals surface area contributed by atoms with Gasteiger partial charge >= 0.3 is 0 Å².